The number of nitriles is 1. The Kier molecular flexibility index (Phi) is 5.91. The Morgan fingerprint density at radius 2 is 2.00 bits per heavy atom. The minimum Gasteiger partial charge on any atom is -0.390 e. The summed E-state index contributed by atoms with van der Waals surface area (Å²) in [5, 5.41) is 19.9. The first kappa shape index (κ1) is 21.3. The SMILES string of the molecule is Cc1nc(N2CCC3(CCC[C@H]3N)CC2)c(CO)nc1-c1ccc(Cl)c(C#N)c1Cl. The number of benzene rings is 1. The van der Waals surface area contributed by atoms with Gasteiger partial charge in [0.05, 0.1) is 33.6 Å². The van der Waals surface area contributed by atoms with Gasteiger partial charge in [-0.05, 0) is 50.2 Å². The third-order valence-electron chi connectivity index (χ3n) is 6.76. The van der Waals surface area contributed by atoms with E-state index >= 15 is 0 Å². The summed E-state index contributed by atoms with van der Waals surface area (Å²) >= 11 is 12.5. The molecule has 1 aromatic heterocycles. The van der Waals surface area contributed by atoms with Gasteiger partial charge in [-0.3, -0.25) is 0 Å². The Labute approximate surface area is 186 Å². The van der Waals surface area contributed by atoms with E-state index < -0.39 is 0 Å². The first-order chi connectivity index (χ1) is 14.4. The summed E-state index contributed by atoms with van der Waals surface area (Å²) < 4.78 is 0. The molecule has 4 rings (SSSR count). The highest BCUT2D eigenvalue weighted by molar-refractivity contribution is 6.38. The molecule has 6 nitrogen and oxygen atoms in total. The highest BCUT2D eigenvalue weighted by Crippen LogP contribution is 2.46. The Morgan fingerprint density at radius 1 is 1.27 bits per heavy atom. The minimum atomic E-state index is -0.229. The fourth-order valence-corrected chi connectivity index (χ4v) is 5.49. The van der Waals surface area contributed by atoms with Crippen LogP contribution in [0.1, 0.15) is 49.1 Å². The van der Waals surface area contributed by atoms with Crippen molar-refractivity contribution in [2.75, 3.05) is 18.0 Å². The second kappa shape index (κ2) is 8.32. The van der Waals surface area contributed by atoms with E-state index in [0.717, 1.165) is 32.4 Å². The summed E-state index contributed by atoms with van der Waals surface area (Å²) in [6, 6.07) is 5.68. The van der Waals surface area contributed by atoms with Gasteiger partial charge in [0, 0.05) is 24.7 Å². The zero-order valence-electron chi connectivity index (χ0n) is 17.0. The predicted octanol–water partition coefficient (Wildman–Crippen LogP) is 4.22. The summed E-state index contributed by atoms with van der Waals surface area (Å²) in [6.07, 6.45) is 5.60. The number of piperidine rings is 1. The Bertz CT molecular complexity index is 1010. The number of anilines is 1. The van der Waals surface area contributed by atoms with Crippen molar-refractivity contribution in [2.45, 2.75) is 51.7 Å². The van der Waals surface area contributed by atoms with Crippen LogP contribution in [0.25, 0.3) is 11.3 Å². The molecule has 1 aliphatic carbocycles. The zero-order chi connectivity index (χ0) is 21.5. The smallest absolute Gasteiger partial charge is 0.153 e. The molecule has 8 heteroatoms. The second-order valence-electron chi connectivity index (χ2n) is 8.33. The molecule has 158 valence electrons. The number of halogens is 2. The van der Waals surface area contributed by atoms with E-state index in [9.17, 15) is 10.4 Å². The summed E-state index contributed by atoms with van der Waals surface area (Å²) in [5.74, 6) is 0.714. The lowest BCUT2D eigenvalue weighted by Crippen LogP contribution is -2.47. The molecular formula is C22H25Cl2N5O. The molecule has 1 atom stereocenters. The van der Waals surface area contributed by atoms with Crippen LogP contribution in [-0.4, -0.2) is 34.2 Å². The number of hydrogen-bond acceptors (Lipinski definition) is 6. The molecule has 0 radical (unpaired) electrons. The number of hydrogen-bond donors (Lipinski definition) is 2. The molecule has 1 aromatic carbocycles. The second-order valence-corrected chi connectivity index (χ2v) is 9.12. The summed E-state index contributed by atoms with van der Waals surface area (Å²) in [4.78, 5) is 11.7. The zero-order valence-corrected chi connectivity index (χ0v) is 18.5. The summed E-state index contributed by atoms with van der Waals surface area (Å²) in [6.45, 7) is 3.35. The van der Waals surface area contributed by atoms with Gasteiger partial charge in [0.15, 0.2) is 5.82 Å². The monoisotopic (exact) mass is 445 g/mol. The van der Waals surface area contributed by atoms with Crippen LogP contribution in [-0.2, 0) is 6.61 Å². The van der Waals surface area contributed by atoms with Gasteiger partial charge in [0.25, 0.3) is 0 Å². The lowest BCUT2D eigenvalue weighted by atomic mass is 9.74. The molecule has 2 heterocycles. The molecule has 1 saturated carbocycles. The maximum Gasteiger partial charge on any atom is 0.153 e. The molecule has 0 unspecified atom stereocenters. The lowest BCUT2D eigenvalue weighted by molar-refractivity contribution is 0.196. The quantitative estimate of drug-likeness (QED) is 0.733. The van der Waals surface area contributed by atoms with Crippen molar-refractivity contribution < 1.29 is 5.11 Å². The molecule has 0 bridgehead atoms. The first-order valence-electron chi connectivity index (χ1n) is 10.3. The number of rotatable bonds is 3. The van der Waals surface area contributed by atoms with Crippen LogP contribution in [0.5, 0.6) is 0 Å². The van der Waals surface area contributed by atoms with Crippen molar-refractivity contribution in [3.8, 4) is 17.3 Å². The van der Waals surface area contributed by atoms with Crippen LogP contribution in [0.3, 0.4) is 0 Å². The first-order valence-corrected chi connectivity index (χ1v) is 11.0. The highest BCUT2D eigenvalue weighted by atomic mass is 35.5. The van der Waals surface area contributed by atoms with E-state index in [4.69, 9.17) is 38.9 Å². The van der Waals surface area contributed by atoms with Crippen molar-refractivity contribution >= 4 is 29.0 Å². The molecule has 0 amide bonds. The average Bonchev–Trinajstić information content (AvgIpc) is 3.09. The fraction of sp³-hybridized carbons (Fsp3) is 0.500. The number of aromatic nitrogens is 2. The van der Waals surface area contributed by atoms with Gasteiger partial charge in [-0.25, -0.2) is 9.97 Å². The van der Waals surface area contributed by atoms with Crippen molar-refractivity contribution in [1.82, 2.24) is 9.97 Å². The predicted molar refractivity (Wildman–Crippen MR) is 119 cm³/mol. The van der Waals surface area contributed by atoms with Crippen LogP contribution in [0.15, 0.2) is 12.1 Å². The molecule has 30 heavy (non-hydrogen) atoms. The summed E-state index contributed by atoms with van der Waals surface area (Å²) in [5.41, 5.74) is 9.20. The minimum absolute atomic E-state index is 0.209. The third kappa shape index (κ3) is 3.54. The van der Waals surface area contributed by atoms with Gasteiger partial charge in [0.1, 0.15) is 11.8 Å². The molecule has 2 fully saturated rings. The van der Waals surface area contributed by atoms with Gasteiger partial charge in [-0.1, -0.05) is 29.6 Å². The van der Waals surface area contributed by atoms with E-state index in [-0.39, 0.29) is 28.6 Å². The van der Waals surface area contributed by atoms with E-state index in [1.54, 1.807) is 12.1 Å². The number of aliphatic hydroxyl groups is 1. The van der Waals surface area contributed by atoms with Crippen LogP contribution < -0.4 is 10.6 Å². The van der Waals surface area contributed by atoms with Crippen molar-refractivity contribution in [1.29, 1.82) is 5.26 Å². The molecule has 1 saturated heterocycles. The van der Waals surface area contributed by atoms with Crippen LogP contribution in [0.2, 0.25) is 10.0 Å². The third-order valence-corrected chi connectivity index (χ3v) is 7.47. The van der Waals surface area contributed by atoms with E-state index in [1.807, 2.05) is 13.0 Å². The van der Waals surface area contributed by atoms with Crippen molar-refractivity contribution in [3.63, 3.8) is 0 Å². The van der Waals surface area contributed by atoms with Gasteiger partial charge in [0.2, 0.25) is 0 Å². The summed E-state index contributed by atoms with van der Waals surface area (Å²) in [7, 11) is 0. The Hall–Kier alpha value is -1.91. The molecule has 1 spiro atoms. The maximum absolute atomic E-state index is 10.0. The number of aryl methyl sites for hydroxylation is 1. The van der Waals surface area contributed by atoms with Gasteiger partial charge >= 0.3 is 0 Å². The molecule has 2 aliphatic rings. The van der Waals surface area contributed by atoms with E-state index in [1.165, 1.54) is 12.8 Å². The number of nitrogens with zero attached hydrogens (tertiary/aromatic N) is 4. The normalized spacial score (nSPS) is 20.5. The van der Waals surface area contributed by atoms with Crippen molar-refractivity contribution in [3.05, 3.63) is 39.1 Å². The van der Waals surface area contributed by atoms with E-state index in [2.05, 4.69) is 4.90 Å². The van der Waals surface area contributed by atoms with Crippen LogP contribution in [0.4, 0.5) is 5.82 Å². The topological polar surface area (TPSA) is 99.1 Å². The lowest BCUT2D eigenvalue weighted by Gasteiger charge is -2.42. The maximum atomic E-state index is 10.0. The van der Waals surface area contributed by atoms with Gasteiger partial charge < -0.3 is 15.7 Å². The van der Waals surface area contributed by atoms with Crippen molar-refractivity contribution in [2.24, 2.45) is 11.1 Å². The Morgan fingerprint density at radius 3 is 2.60 bits per heavy atom. The van der Waals surface area contributed by atoms with Crippen LogP contribution in [0, 0.1) is 23.7 Å². The molecule has 3 N–H and O–H groups in total. The van der Waals surface area contributed by atoms with Crippen LogP contribution >= 0.6 is 23.2 Å². The fourth-order valence-electron chi connectivity index (χ4n) is 4.94. The standard InChI is InChI=1S/C22H25Cl2N5O/c1-13-20(14-4-5-16(23)15(11-25)19(14)24)28-17(12-30)21(27-13)29-9-7-22(8-10-29)6-2-3-18(22)26/h4-5,18,30H,2-3,6-10,12,26H2,1H3/t18-/m1/s1. The van der Waals surface area contributed by atoms with E-state index in [0.29, 0.717) is 33.5 Å². The Balaban J connectivity index is 1.67. The van der Waals surface area contributed by atoms with Gasteiger partial charge in [-0.2, -0.15) is 5.26 Å². The molecule has 1 aliphatic heterocycles. The number of nitrogens with two attached hydrogens (primary N) is 1. The number of aliphatic hydroxyl groups excluding tert-OH is 1. The highest BCUT2D eigenvalue weighted by Gasteiger charge is 2.43. The van der Waals surface area contributed by atoms with Gasteiger partial charge in [-0.15, -0.1) is 0 Å². The largest absolute Gasteiger partial charge is 0.390 e. The molecule has 2 aromatic rings. The average molecular weight is 446 g/mol. The molecular weight excluding hydrogens is 421 g/mol.